The van der Waals surface area contributed by atoms with E-state index in [2.05, 4.69) is 4.98 Å². The van der Waals surface area contributed by atoms with Crippen molar-refractivity contribution in [1.29, 1.82) is 0 Å². The van der Waals surface area contributed by atoms with Crippen molar-refractivity contribution in [3.05, 3.63) is 29.3 Å². The first-order valence-corrected chi connectivity index (χ1v) is 11.7. The standard InChI is InChI=1S/C23H26N2O6S/c1-3-30-18-9-8-14(10-19(18)29-2)21-24-15(13-32-21)12-31-20(26)11-25-22(27)16-6-4-5-7-17(16)23(25)28/h8-10,13,16-17H,3-7,11-12H2,1-2H3/t16-,17+. The van der Waals surface area contributed by atoms with Crippen molar-refractivity contribution >= 4 is 29.1 Å². The lowest BCUT2D eigenvalue weighted by molar-refractivity contribution is -0.153. The van der Waals surface area contributed by atoms with Crippen molar-refractivity contribution in [1.82, 2.24) is 9.88 Å². The molecule has 1 aliphatic carbocycles. The number of hydrogen-bond acceptors (Lipinski definition) is 8. The van der Waals surface area contributed by atoms with Crippen molar-refractivity contribution in [3.8, 4) is 22.1 Å². The third kappa shape index (κ3) is 4.48. The van der Waals surface area contributed by atoms with Crippen LogP contribution in [0.3, 0.4) is 0 Å². The first-order chi connectivity index (χ1) is 15.5. The van der Waals surface area contributed by atoms with E-state index in [9.17, 15) is 14.4 Å². The number of nitrogens with zero attached hydrogens (tertiary/aromatic N) is 2. The summed E-state index contributed by atoms with van der Waals surface area (Å²) in [4.78, 5) is 42.9. The quantitative estimate of drug-likeness (QED) is 0.442. The molecule has 1 aromatic heterocycles. The van der Waals surface area contributed by atoms with Crippen LogP contribution in [0.25, 0.3) is 10.6 Å². The van der Waals surface area contributed by atoms with Gasteiger partial charge in [0.25, 0.3) is 0 Å². The topological polar surface area (TPSA) is 95.0 Å². The largest absolute Gasteiger partial charge is 0.493 e. The maximum Gasteiger partial charge on any atom is 0.326 e. The summed E-state index contributed by atoms with van der Waals surface area (Å²) in [6.07, 6.45) is 3.34. The molecule has 1 saturated carbocycles. The van der Waals surface area contributed by atoms with Gasteiger partial charge < -0.3 is 14.2 Å². The predicted molar refractivity (Wildman–Crippen MR) is 117 cm³/mol. The average molecular weight is 459 g/mol. The Kier molecular flexibility index (Phi) is 6.74. The Labute approximate surface area is 190 Å². The molecule has 2 amide bonds. The van der Waals surface area contributed by atoms with E-state index in [1.165, 1.54) is 11.3 Å². The second-order valence-corrected chi connectivity index (χ2v) is 8.72. The van der Waals surface area contributed by atoms with E-state index in [1.54, 1.807) is 7.11 Å². The molecule has 2 aromatic rings. The zero-order valence-electron chi connectivity index (χ0n) is 18.2. The number of rotatable bonds is 8. The second-order valence-electron chi connectivity index (χ2n) is 7.86. The maximum atomic E-state index is 12.5. The van der Waals surface area contributed by atoms with Crippen LogP contribution >= 0.6 is 11.3 Å². The number of hydrogen-bond donors (Lipinski definition) is 0. The van der Waals surface area contributed by atoms with Crippen LogP contribution in [0.4, 0.5) is 0 Å². The predicted octanol–water partition coefficient (Wildman–Crippen LogP) is 3.44. The highest BCUT2D eigenvalue weighted by Crippen LogP contribution is 2.38. The zero-order valence-corrected chi connectivity index (χ0v) is 19.0. The van der Waals surface area contributed by atoms with Gasteiger partial charge in [0.05, 0.1) is 31.2 Å². The van der Waals surface area contributed by atoms with Crippen LogP contribution in [0.15, 0.2) is 23.6 Å². The van der Waals surface area contributed by atoms with E-state index in [1.807, 2.05) is 30.5 Å². The molecule has 2 aliphatic rings. The third-order valence-corrected chi connectivity index (χ3v) is 6.80. The molecular formula is C23H26N2O6S. The lowest BCUT2D eigenvalue weighted by Crippen LogP contribution is -2.36. The van der Waals surface area contributed by atoms with Gasteiger partial charge in [0.15, 0.2) is 11.5 Å². The van der Waals surface area contributed by atoms with Crippen LogP contribution < -0.4 is 9.47 Å². The van der Waals surface area contributed by atoms with Crippen LogP contribution in [0.1, 0.15) is 38.3 Å². The van der Waals surface area contributed by atoms with Crippen molar-refractivity contribution in [2.75, 3.05) is 20.3 Å². The summed E-state index contributed by atoms with van der Waals surface area (Å²) in [5.74, 6) is -0.340. The number of likely N-dealkylation sites (tertiary alicyclic amines) is 1. The van der Waals surface area contributed by atoms with Gasteiger partial charge in [-0.2, -0.15) is 0 Å². The molecule has 32 heavy (non-hydrogen) atoms. The van der Waals surface area contributed by atoms with Crippen LogP contribution in [0, 0.1) is 11.8 Å². The molecule has 8 nitrogen and oxygen atoms in total. The first-order valence-electron chi connectivity index (χ1n) is 10.8. The summed E-state index contributed by atoms with van der Waals surface area (Å²) in [6, 6.07) is 5.58. The van der Waals surface area contributed by atoms with Crippen LogP contribution in [0.5, 0.6) is 11.5 Å². The molecule has 2 heterocycles. The van der Waals surface area contributed by atoms with Gasteiger partial charge in [-0.1, -0.05) is 12.8 Å². The average Bonchev–Trinajstić information content (AvgIpc) is 3.38. The molecule has 0 unspecified atom stereocenters. The van der Waals surface area contributed by atoms with Crippen LogP contribution in [-0.2, 0) is 25.7 Å². The molecule has 2 atom stereocenters. The maximum absolute atomic E-state index is 12.5. The molecule has 9 heteroatoms. The molecule has 0 spiro atoms. The summed E-state index contributed by atoms with van der Waals surface area (Å²) in [5, 5.41) is 2.57. The normalized spacial score (nSPS) is 20.2. The van der Waals surface area contributed by atoms with Gasteiger partial charge in [0.2, 0.25) is 11.8 Å². The fourth-order valence-electron chi connectivity index (χ4n) is 4.30. The van der Waals surface area contributed by atoms with E-state index in [0.29, 0.717) is 23.8 Å². The number of benzene rings is 1. The number of aromatic nitrogens is 1. The van der Waals surface area contributed by atoms with Gasteiger partial charge in [-0.05, 0) is 38.0 Å². The highest BCUT2D eigenvalue weighted by molar-refractivity contribution is 7.13. The number of fused-ring (bicyclic) bond motifs is 1. The molecule has 1 saturated heterocycles. The van der Waals surface area contributed by atoms with E-state index in [0.717, 1.165) is 41.2 Å². The monoisotopic (exact) mass is 458 g/mol. The lowest BCUT2D eigenvalue weighted by atomic mass is 9.81. The SMILES string of the molecule is CCOc1ccc(-c2nc(COC(=O)CN3C(=O)[C@H]4CCCC[C@H]4C3=O)cs2)cc1OC. The molecule has 170 valence electrons. The van der Waals surface area contributed by atoms with Gasteiger partial charge in [-0.15, -0.1) is 11.3 Å². The summed E-state index contributed by atoms with van der Waals surface area (Å²) in [7, 11) is 1.58. The number of thiazole rings is 1. The number of imide groups is 1. The zero-order chi connectivity index (χ0) is 22.7. The van der Waals surface area contributed by atoms with Gasteiger partial charge in [-0.25, -0.2) is 4.98 Å². The molecule has 2 fully saturated rings. The summed E-state index contributed by atoms with van der Waals surface area (Å²) >= 11 is 1.42. The van der Waals surface area contributed by atoms with Crippen molar-refractivity contribution in [3.63, 3.8) is 0 Å². The van der Waals surface area contributed by atoms with Crippen molar-refractivity contribution < 1.29 is 28.6 Å². The highest BCUT2D eigenvalue weighted by atomic mass is 32.1. The number of esters is 1. The Morgan fingerprint density at radius 3 is 2.53 bits per heavy atom. The summed E-state index contributed by atoms with van der Waals surface area (Å²) < 4.78 is 16.2. The van der Waals surface area contributed by atoms with Crippen molar-refractivity contribution in [2.24, 2.45) is 11.8 Å². The molecule has 1 aromatic carbocycles. The fourth-order valence-corrected chi connectivity index (χ4v) is 5.10. The minimum atomic E-state index is -0.609. The Bertz CT molecular complexity index is 996. The Morgan fingerprint density at radius 2 is 1.88 bits per heavy atom. The molecule has 1 aliphatic heterocycles. The van der Waals surface area contributed by atoms with Gasteiger partial charge in [0, 0.05) is 10.9 Å². The van der Waals surface area contributed by atoms with E-state index in [4.69, 9.17) is 14.2 Å². The number of ether oxygens (including phenoxy) is 3. The number of methoxy groups -OCH3 is 1. The van der Waals surface area contributed by atoms with Gasteiger partial charge in [-0.3, -0.25) is 19.3 Å². The molecular weight excluding hydrogens is 432 g/mol. The minimum Gasteiger partial charge on any atom is -0.493 e. The van der Waals surface area contributed by atoms with E-state index < -0.39 is 5.97 Å². The molecule has 0 radical (unpaired) electrons. The molecule has 0 N–H and O–H groups in total. The third-order valence-electron chi connectivity index (χ3n) is 5.86. The summed E-state index contributed by atoms with van der Waals surface area (Å²) in [5.41, 5.74) is 1.46. The molecule has 4 rings (SSSR count). The Balaban J connectivity index is 1.35. The number of amides is 2. The van der Waals surface area contributed by atoms with Gasteiger partial charge >= 0.3 is 5.97 Å². The number of carbonyl (C=O) groups excluding carboxylic acids is 3. The Hall–Kier alpha value is -2.94. The van der Waals surface area contributed by atoms with Gasteiger partial charge in [0.1, 0.15) is 18.2 Å². The highest BCUT2D eigenvalue weighted by Gasteiger charge is 2.48. The van der Waals surface area contributed by atoms with E-state index in [-0.39, 0.29) is 36.8 Å². The second kappa shape index (κ2) is 9.68. The van der Waals surface area contributed by atoms with Crippen LogP contribution in [-0.4, -0.2) is 47.9 Å². The number of carbonyl (C=O) groups is 3. The fraction of sp³-hybridized carbons (Fsp3) is 0.478. The van der Waals surface area contributed by atoms with Crippen LogP contribution in [0.2, 0.25) is 0 Å². The molecule has 0 bridgehead atoms. The van der Waals surface area contributed by atoms with Crippen molar-refractivity contribution in [2.45, 2.75) is 39.2 Å². The smallest absolute Gasteiger partial charge is 0.326 e. The first kappa shape index (κ1) is 22.3. The minimum absolute atomic E-state index is 0.0213. The Morgan fingerprint density at radius 1 is 1.16 bits per heavy atom. The lowest BCUT2D eigenvalue weighted by Gasteiger charge is -2.19. The summed E-state index contributed by atoms with van der Waals surface area (Å²) in [6.45, 7) is 2.09. The van der Waals surface area contributed by atoms with E-state index >= 15 is 0 Å².